The normalized spacial score (nSPS) is 10.4. The van der Waals surface area contributed by atoms with Crippen molar-refractivity contribution >= 4 is 34.5 Å². The Hall–Kier alpha value is 1.22. The van der Waals surface area contributed by atoms with Crippen LogP contribution in [0.25, 0.3) is 0 Å². The van der Waals surface area contributed by atoms with E-state index in [1.165, 1.54) is 6.16 Å². The van der Waals surface area contributed by atoms with E-state index in [9.17, 15) is 0 Å². The molecule has 0 saturated carbocycles. The summed E-state index contributed by atoms with van der Waals surface area (Å²) in [5, 5.41) is 0. The Balaban J connectivity index is -0.000000125. The lowest BCUT2D eigenvalue weighted by atomic mass is 10.2. The SMILES string of the molecule is C.C.C[B]P(I)CC. The molecule has 0 aliphatic heterocycles. The van der Waals surface area contributed by atoms with Crippen molar-refractivity contribution in [2.75, 3.05) is 6.16 Å². The lowest BCUT2D eigenvalue weighted by molar-refractivity contribution is 1.53. The van der Waals surface area contributed by atoms with Gasteiger partial charge in [-0.3, -0.25) is 0 Å². The molecule has 0 bridgehead atoms. The first-order chi connectivity index (χ1) is 2.81. The van der Waals surface area contributed by atoms with E-state index < -0.39 is 0 Å². The van der Waals surface area contributed by atoms with Crippen LogP contribution in [0.5, 0.6) is 0 Å². The predicted molar refractivity (Wildman–Crippen MR) is 56.6 cm³/mol. The van der Waals surface area contributed by atoms with Gasteiger partial charge in [0.25, 0.3) is 0 Å². The molecule has 0 aromatic heterocycles. The quantitative estimate of drug-likeness (QED) is 0.394. The van der Waals surface area contributed by atoms with Crippen molar-refractivity contribution in [3.8, 4) is 0 Å². The third kappa shape index (κ3) is 10.3. The van der Waals surface area contributed by atoms with E-state index in [0.29, 0.717) is 0 Å². The van der Waals surface area contributed by atoms with Crippen molar-refractivity contribution in [1.82, 2.24) is 0 Å². The highest BCUT2D eigenvalue weighted by molar-refractivity contribution is 14.2. The molecule has 1 radical (unpaired) electrons. The van der Waals surface area contributed by atoms with Gasteiger partial charge in [-0.1, -0.05) is 56.1 Å². The van der Waals surface area contributed by atoms with Gasteiger partial charge in [-0.05, 0) is 6.16 Å². The summed E-state index contributed by atoms with van der Waals surface area (Å²) in [6.45, 7) is 6.62. The predicted octanol–water partition coefficient (Wildman–Crippen LogP) is 3.78. The lowest BCUT2D eigenvalue weighted by Gasteiger charge is -1.96. The minimum Gasteiger partial charge on any atom is -0.0865 e. The molecule has 0 fully saturated rings. The highest BCUT2D eigenvalue weighted by atomic mass is 127. The Labute approximate surface area is 69.3 Å². The van der Waals surface area contributed by atoms with Crippen LogP contribution in [0.2, 0.25) is 6.82 Å². The maximum Gasteiger partial charge on any atom is 0.156 e. The molecule has 8 heavy (non-hydrogen) atoms. The molecule has 0 heterocycles. The van der Waals surface area contributed by atoms with Crippen molar-refractivity contribution in [2.24, 2.45) is 0 Å². The van der Waals surface area contributed by atoms with Crippen molar-refractivity contribution < 1.29 is 0 Å². The highest BCUT2D eigenvalue weighted by Gasteiger charge is 1.91. The van der Waals surface area contributed by atoms with Gasteiger partial charge in [0.05, 0.1) is 0 Å². The van der Waals surface area contributed by atoms with Crippen LogP contribution in [0.3, 0.4) is 0 Å². The Morgan fingerprint density at radius 1 is 1.50 bits per heavy atom. The molecule has 0 spiro atoms. The smallest absolute Gasteiger partial charge is 0.0865 e. The first-order valence-electron chi connectivity index (χ1n) is 2.03. The fraction of sp³-hybridized carbons (Fsp3) is 1.00. The summed E-state index contributed by atoms with van der Waals surface area (Å²) in [4.78, 5) is 0. The van der Waals surface area contributed by atoms with Gasteiger partial charge in [-0.15, -0.1) is 0 Å². The Morgan fingerprint density at radius 3 is 1.88 bits per heavy atom. The van der Waals surface area contributed by atoms with E-state index in [2.05, 4.69) is 42.8 Å². The number of hydrogen-bond acceptors (Lipinski definition) is 0. The van der Waals surface area contributed by atoms with Crippen LogP contribution in [0, 0.1) is 0 Å². The average molecular weight is 245 g/mol. The maximum absolute atomic E-state index is 2.48. The van der Waals surface area contributed by atoms with E-state index in [4.69, 9.17) is 0 Å². The fourth-order valence-electron chi connectivity index (χ4n) is 0.183. The summed E-state index contributed by atoms with van der Waals surface area (Å²) in [6.07, 6.45) is 1.33. The molecule has 0 nitrogen and oxygen atoms in total. The third-order valence-corrected chi connectivity index (χ3v) is 5.46. The van der Waals surface area contributed by atoms with Gasteiger partial charge < -0.3 is 0 Å². The minimum absolute atomic E-state index is 0. The van der Waals surface area contributed by atoms with Gasteiger partial charge in [-0.2, -0.15) is 0 Å². The summed E-state index contributed by atoms with van der Waals surface area (Å²) in [6, 6.07) is 0. The van der Waals surface area contributed by atoms with E-state index in [0.717, 1.165) is 0 Å². The van der Waals surface area contributed by atoms with Crippen molar-refractivity contribution in [1.29, 1.82) is 0 Å². The first kappa shape index (κ1) is 16.1. The molecule has 3 heteroatoms. The monoisotopic (exact) mass is 245 g/mol. The van der Waals surface area contributed by atoms with Crippen LogP contribution in [-0.4, -0.2) is 13.2 Å². The van der Waals surface area contributed by atoms with Gasteiger partial charge >= 0.3 is 0 Å². The van der Waals surface area contributed by atoms with Gasteiger partial charge in [0.1, 0.15) is 0 Å². The summed E-state index contributed by atoms with van der Waals surface area (Å²) < 4.78 is 0. The average Bonchev–Trinajstić information content (AvgIpc) is 1.65. The highest BCUT2D eigenvalue weighted by Crippen LogP contribution is 2.41. The maximum atomic E-state index is 2.48. The second kappa shape index (κ2) is 11.1. The van der Waals surface area contributed by atoms with Crippen molar-refractivity contribution in [2.45, 2.75) is 28.6 Å². The van der Waals surface area contributed by atoms with Crippen LogP contribution in [-0.2, 0) is 0 Å². The van der Waals surface area contributed by atoms with E-state index in [1.54, 1.807) is 0 Å². The minimum atomic E-state index is 0. The van der Waals surface area contributed by atoms with E-state index >= 15 is 0 Å². The molecule has 0 N–H and O–H groups in total. The summed E-state index contributed by atoms with van der Waals surface area (Å²) >= 11 is 2.48. The number of halogens is 1. The molecule has 0 aromatic carbocycles. The van der Waals surface area contributed by atoms with Crippen LogP contribution in [0.1, 0.15) is 21.8 Å². The molecule has 0 aromatic rings. The van der Waals surface area contributed by atoms with Crippen LogP contribution in [0.4, 0.5) is 0 Å². The zero-order valence-electron chi connectivity index (χ0n) is 4.11. The molecular weight excluding hydrogens is 229 g/mol. The first-order valence-corrected chi connectivity index (χ1v) is 6.41. The van der Waals surface area contributed by atoms with Gasteiger partial charge in [0.15, 0.2) is 7.00 Å². The molecule has 51 valence electrons. The topological polar surface area (TPSA) is 0 Å². The molecule has 0 saturated heterocycles. The van der Waals surface area contributed by atoms with Gasteiger partial charge in [0.2, 0.25) is 0 Å². The molecule has 0 rings (SSSR count). The summed E-state index contributed by atoms with van der Waals surface area (Å²) in [7, 11) is 0. The molecule has 1 unspecified atom stereocenters. The number of hydrogen-bond donors (Lipinski definition) is 0. The fourth-order valence-corrected chi connectivity index (χ4v) is 0.548. The lowest BCUT2D eigenvalue weighted by Crippen LogP contribution is -1.73. The summed E-state index contributed by atoms with van der Waals surface area (Å²) in [5.74, 6) is 0. The summed E-state index contributed by atoms with van der Waals surface area (Å²) in [5.41, 5.74) is 0.269. The second-order valence-electron chi connectivity index (χ2n) is 0.974. The zero-order valence-corrected chi connectivity index (χ0v) is 7.16. The molecular formula is C5H16BIP. The van der Waals surface area contributed by atoms with Gasteiger partial charge in [-0.25, -0.2) is 0 Å². The third-order valence-electron chi connectivity index (χ3n) is 0.582. The van der Waals surface area contributed by atoms with Crippen molar-refractivity contribution in [3.63, 3.8) is 0 Å². The number of rotatable bonds is 2. The van der Waals surface area contributed by atoms with Crippen LogP contribution in [0.15, 0.2) is 0 Å². The van der Waals surface area contributed by atoms with Crippen LogP contribution >= 0.6 is 27.5 Å². The van der Waals surface area contributed by atoms with Gasteiger partial charge in [0, 0.05) is 0 Å². The second-order valence-corrected chi connectivity index (χ2v) is 6.64. The van der Waals surface area contributed by atoms with E-state index in [1.807, 2.05) is 0 Å². The van der Waals surface area contributed by atoms with Crippen molar-refractivity contribution in [3.05, 3.63) is 0 Å². The molecule has 0 aliphatic carbocycles. The van der Waals surface area contributed by atoms with Crippen LogP contribution < -0.4 is 0 Å². The molecule has 0 amide bonds. The standard InChI is InChI=1S/C3H8BIP.2CH4/c1-3-6(5)4-2;;/h3H2,1-2H3;2*1H4. The van der Waals surface area contributed by atoms with E-state index in [-0.39, 0.29) is 20.3 Å². The Kier molecular flexibility index (Phi) is 22.3. The Bertz CT molecular complexity index is 31.6. The molecule has 0 aliphatic rings. The Morgan fingerprint density at radius 2 is 1.88 bits per heavy atom. The zero-order chi connectivity index (χ0) is 4.99. The molecule has 1 atom stereocenters. The largest absolute Gasteiger partial charge is 0.156 e.